The Kier molecular flexibility index (Phi) is 6.88. The summed E-state index contributed by atoms with van der Waals surface area (Å²) in [5, 5.41) is 15.8. The SMILES string of the molecule is Cc1cccc(C)c1CNc1cc(NC(=O)[C@H]2CCCN(C(=O)CO)C2)cn2c(C)c(C)nc12. The molecule has 8 heteroatoms. The number of aliphatic hydroxyl groups is 1. The summed E-state index contributed by atoms with van der Waals surface area (Å²) in [7, 11) is 0. The number of nitrogens with zero attached hydrogens (tertiary/aromatic N) is 3. The number of fused-ring (bicyclic) bond motifs is 1. The zero-order valence-electron chi connectivity index (χ0n) is 20.3. The quantitative estimate of drug-likeness (QED) is 0.521. The summed E-state index contributed by atoms with van der Waals surface area (Å²) in [6, 6.07) is 8.20. The molecule has 2 aromatic heterocycles. The molecule has 0 bridgehead atoms. The van der Waals surface area contributed by atoms with Crippen LogP contribution in [0.4, 0.5) is 11.4 Å². The number of aryl methyl sites for hydroxylation is 4. The average molecular weight is 464 g/mol. The first kappa shape index (κ1) is 23.8. The molecule has 3 heterocycles. The summed E-state index contributed by atoms with van der Waals surface area (Å²) in [6.07, 6.45) is 3.35. The van der Waals surface area contributed by atoms with Gasteiger partial charge in [0.15, 0.2) is 5.65 Å². The summed E-state index contributed by atoms with van der Waals surface area (Å²) in [5.74, 6) is -0.761. The van der Waals surface area contributed by atoms with Gasteiger partial charge in [0.2, 0.25) is 11.8 Å². The monoisotopic (exact) mass is 463 g/mol. The molecule has 4 rings (SSSR count). The van der Waals surface area contributed by atoms with Crippen molar-refractivity contribution in [2.45, 2.75) is 47.1 Å². The van der Waals surface area contributed by atoms with Gasteiger partial charge in [-0.1, -0.05) is 18.2 Å². The van der Waals surface area contributed by atoms with E-state index in [0.717, 1.165) is 29.1 Å². The number of carbonyl (C=O) groups excluding carboxylic acids is 2. The van der Waals surface area contributed by atoms with Crippen LogP contribution >= 0.6 is 0 Å². The Morgan fingerprint density at radius 1 is 1.18 bits per heavy atom. The number of likely N-dealkylation sites (tertiary alicyclic amines) is 1. The Morgan fingerprint density at radius 3 is 2.62 bits per heavy atom. The number of anilines is 2. The van der Waals surface area contributed by atoms with E-state index in [1.807, 2.05) is 30.5 Å². The molecule has 0 radical (unpaired) electrons. The van der Waals surface area contributed by atoms with Gasteiger partial charge in [0, 0.05) is 31.5 Å². The van der Waals surface area contributed by atoms with Crippen molar-refractivity contribution in [3.63, 3.8) is 0 Å². The number of pyridine rings is 1. The predicted molar refractivity (Wildman–Crippen MR) is 133 cm³/mol. The Hall–Kier alpha value is -3.39. The van der Waals surface area contributed by atoms with Gasteiger partial charge in [-0.15, -0.1) is 0 Å². The van der Waals surface area contributed by atoms with Gasteiger partial charge in [0.05, 0.1) is 23.0 Å². The van der Waals surface area contributed by atoms with Gasteiger partial charge >= 0.3 is 0 Å². The predicted octanol–water partition coefficient (Wildman–Crippen LogP) is 3.35. The molecule has 1 aliphatic heterocycles. The lowest BCUT2D eigenvalue weighted by Gasteiger charge is -2.31. The van der Waals surface area contributed by atoms with Gasteiger partial charge in [-0.3, -0.25) is 9.59 Å². The van der Waals surface area contributed by atoms with Crippen molar-refractivity contribution in [1.29, 1.82) is 0 Å². The Bertz CT molecular complexity index is 1210. The molecule has 1 aromatic carbocycles. The summed E-state index contributed by atoms with van der Waals surface area (Å²) in [6.45, 7) is 9.23. The smallest absolute Gasteiger partial charge is 0.248 e. The van der Waals surface area contributed by atoms with Crippen LogP contribution in [0.5, 0.6) is 0 Å². The third-order valence-corrected chi connectivity index (χ3v) is 6.84. The standard InChI is InChI=1S/C26H33N5O3/c1-16-7-5-8-17(2)22(16)12-27-23-11-21(14-31-19(4)18(3)28-25(23)31)29-26(34)20-9-6-10-30(13-20)24(33)15-32/h5,7-8,11,14,20,27,32H,6,9-10,12-13,15H2,1-4H3,(H,29,34)/t20-/m0/s1. The number of carbonyl (C=O) groups is 2. The van der Waals surface area contributed by atoms with E-state index in [2.05, 4.69) is 42.7 Å². The molecule has 1 atom stereocenters. The van der Waals surface area contributed by atoms with Crippen LogP contribution in [-0.2, 0) is 16.1 Å². The van der Waals surface area contributed by atoms with Gasteiger partial charge in [0.25, 0.3) is 0 Å². The number of benzene rings is 1. The van der Waals surface area contributed by atoms with Crippen molar-refractivity contribution >= 4 is 28.8 Å². The van der Waals surface area contributed by atoms with Crippen LogP contribution in [-0.4, -0.2) is 50.9 Å². The summed E-state index contributed by atoms with van der Waals surface area (Å²) >= 11 is 0. The molecule has 0 aliphatic carbocycles. The Morgan fingerprint density at radius 2 is 1.91 bits per heavy atom. The zero-order valence-corrected chi connectivity index (χ0v) is 20.3. The normalized spacial score (nSPS) is 16.0. The van der Waals surface area contributed by atoms with Crippen LogP contribution in [0.15, 0.2) is 30.5 Å². The summed E-state index contributed by atoms with van der Waals surface area (Å²) in [5.41, 5.74) is 7.97. The molecule has 1 aliphatic rings. The number of amides is 2. The average Bonchev–Trinajstić information content (AvgIpc) is 3.12. The number of aromatic nitrogens is 2. The highest BCUT2D eigenvalue weighted by molar-refractivity contribution is 5.94. The fourth-order valence-electron chi connectivity index (χ4n) is 4.64. The minimum atomic E-state index is -0.528. The molecule has 34 heavy (non-hydrogen) atoms. The second kappa shape index (κ2) is 9.85. The molecule has 0 unspecified atom stereocenters. The van der Waals surface area contributed by atoms with Crippen LogP contribution in [0.25, 0.3) is 5.65 Å². The molecule has 1 fully saturated rings. The molecular formula is C26H33N5O3. The van der Waals surface area contributed by atoms with E-state index < -0.39 is 6.61 Å². The molecule has 2 amide bonds. The number of hydrogen-bond donors (Lipinski definition) is 3. The zero-order chi connectivity index (χ0) is 24.4. The Labute approximate surface area is 200 Å². The van der Waals surface area contributed by atoms with Gasteiger partial charge in [-0.2, -0.15) is 0 Å². The van der Waals surface area contributed by atoms with Crippen molar-refractivity contribution in [2.75, 3.05) is 30.3 Å². The Balaban J connectivity index is 1.59. The maximum Gasteiger partial charge on any atom is 0.248 e. The topological polar surface area (TPSA) is 99.0 Å². The summed E-state index contributed by atoms with van der Waals surface area (Å²) < 4.78 is 2.00. The first-order valence-corrected chi connectivity index (χ1v) is 11.8. The van der Waals surface area contributed by atoms with Crippen molar-refractivity contribution in [3.8, 4) is 0 Å². The minimum Gasteiger partial charge on any atom is -0.387 e. The molecule has 8 nitrogen and oxygen atoms in total. The fraction of sp³-hybridized carbons (Fsp3) is 0.423. The third kappa shape index (κ3) is 4.77. The lowest BCUT2D eigenvalue weighted by Crippen LogP contribution is -2.44. The van der Waals surface area contributed by atoms with E-state index in [0.29, 0.717) is 31.7 Å². The highest BCUT2D eigenvalue weighted by Gasteiger charge is 2.28. The van der Waals surface area contributed by atoms with Crippen molar-refractivity contribution in [3.05, 3.63) is 58.5 Å². The van der Waals surface area contributed by atoms with Gasteiger partial charge < -0.3 is 25.0 Å². The van der Waals surface area contributed by atoms with E-state index in [-0.39, 0.29) is 17.7 Å². The van der Waals surface area contributed by atoms with E-state index in [1.165, 1.54) is 16.7 Å². The number of piperidine rings is 1. The number of rotatable bonds is 6. The van der Waals surface area contributed by atoms with Gasteiger partial charge in [-0.05, 0) is 63.3 Å². The van der Waals surface area contributed by atoms with Crippen LogP contribution in [0.1, 0.15) is 40.9 Å². The van der Waals surface area contributed by atoms with Crippen molar-refractivity contribution in [1.82, 2.24) is 14.3 Å². The number of hydrogen-bond acceptors (Lipinski definition) is 5. The minimum absolute atomic E-state index is 0.120. The molecule has 0 saturated carbocycles. The molecule has 0 spiro atoms. The molecule has 1 saturated heterocycles. The summed E-state index contributed by atoms with van der Waals surface area (Å²) in [4.78, 5) is 31.3. The first-order valence-electron chi connectivity index (χ1n) is 11.8. The number of imidazole rings is 1. The third-order valence-electron chi connectivity index (χ3n) is 6.84. The molecule has 180 valence electrons. The molecular weight excluding hydrogens is 430 g/mol. The number of aliphatic hydroxyl groups excluding tert-OH is 1. The number of nitrogens with one attached hydrogen (secondary N) is 2. The maximum absolute atomic E-state index is 13.1. The fourth-order valence-corrected chi connectivity index (χ4v) is 4.64. The van der Waals surface area contributed by atoms with Crippen LogP contribution in [0.3, 0.4) is 0 Å². The lowest BCUT2D eigenvalue weighted by atomic mass is 9.97. The van der Waals surface area contributed by atoms with Crippen molar-refractivity contribution in [2.24, 2.45) is 5.92 Å². The van der Waals surface area contributed by atoms with E-state index >= 15 is 0 Å². The first-order chi connectivity index (χ1) is 16.3. The lowest BCUT2D eigenvalue weighted by molar-refractivity contribution is -0.137. The highest BCUT2D eigenvalue weighted by atomic mass is 16.3. The van der Waals surface area contributed by atoms with Crippen LogP contribution in [0, 0.1) is 33.6 Å². The molecule has 3 N–H and O–H groups in total. The highest BCUT2D eigenvalue weighted by Crippen LogP contribution is 2.27. The molecule has 3 aromatic rings. The van der Waals surface area contributed by atoms with E-state index in [1.54, 1.807) is 4.90 Å². The van der Waals surface area contributed by atoms with Gasteiger partial charge in [0.1, 0.15) is 6.61 Å². The van der Waals surface area contributed by atoms with Crippen LogP contribution in [0.2, 0.25) is 0 Å². The van der Waals surface area contributed by atoms with E-state index in [4.69, 9.17) is 10.1 Å². The second-order valence-electron chi connectivity index (χ2n) is 9.17. The van der Waals surface area contributed by atoms with E-state index in [9.17, 15) is 9.59 Å². The second-order valence-corrected chi connectivity index (χ2v) is 9.17. The van der Waals surface area contributed by atoms with Crippen molar-refractivity contribution < 1.29 is 14.7 Å². The van der Waals surface area contributed by atoms with Gasteiger partial charge in [-0.25, -0.2) is 4.98 Å². The van der Waals surface area contributed by atoms with Crippen LogP contribution < -0.4 is 10.6 Å². The maximum atomic E-state index is 13.1. The largest absolute Gasteiger partial charge is 0.387 e.